The number of benzene rings is 2. The van der Waals surface area contributed by atoms with Crippen LogP contribution in [-0.4, -0.2) is 0 Å². The lowest BCUT2D eigenvalue weighted by Crippen LogP contribution is -1.99. The summed E-state index contributed by atoms with van der Waals surface area (Å²) in [6, 6.07) is 9.23. The van der Waals surface area contributed by atoms with Crippen molar-refractivity contribution in [3.8, 4) is 0 Å². The number of halogens is 4. The molecule has 2 rings (SSSR count). The van der Waals surface area contributed by atoms with Crippen LogP contribution in [0.2, 0.25) is 0 Å². The second kappa shape index (κ2) is 8.84. The van der Waals surface area contributed by atoms with Crippen LogP contribution in [-0.2, 0) is 19.3 Å². The summed E-state index contributed by atoms with van der Waals surface area (Å²) in [7, 11) is 0. The molecule has 134 valence electrons. The van der Waals surface area contributed by atoms with Gasteiger partial charge in [-0.3, -0.25) is 0 Å². The Morgan fingerprint density at radius 2 is 1.52 bits per heavy atom. The molecule has 0 N–H and O–H groups in total. The Kier molecular flexibility index (Phi) is 6.80. The van der Waals surface area contributed by atoms with E-state index in [9.17, 15) is 17.6 Å². The molecule has 0 spiro atoms. The van der Waals surface area contributed by atoms with E-state index in [-0.39, 0.29) is 17.5 Å². The Hall–Kier alpha value is -2.10. The van der Waals surface area contributed by atoms with E-state index in [1.807, 2.05) is 0 Å². The molecule has 0 atom stereocenters. The van der Waals surface area contributed by atoms with Crippen LogP contribution in [0.15, 0.2) is 42.2 Å². The van der Waals surface area contributed by atoms with Gasteiger partial charge in [-0.2, -0.15) is 0 Å². The molecule has 4 heteroatoms. The van der Waals surface area contributed by atoms with E-state index in [1.54, 1.807) is 32.0 Å². The van der Waals surface area contributed by atoms with Crippen LogP contribution in [0.25, 0.3) is 5.83 Å². The number of hydrogen-bond donors (Lipinski definition) is 0. The van der Waals surface area contributed by atoms with Gasteiger partial charge in [-0.25, -0.2) is 17.6 Å². The predicted molar refractivity (Wildman–Crippen MR) is 93.6 cm³/mol. The van der Waals surface area contributed by atoms with Crippen LogP contribution in [0.1, 0.15) is 48.9 Å². The summed E-state index contributed by atoms with van der Waals surface area (Å²) in [5.41, 5.74) is 1.62. The van der Waals surface area contributed by atoms with Gasteiger partial charge in [0.2, 0.25) is 0 Å². The molecule has 0 aliphatic carbocycles. The number of allylic oxidation sites excluding steroid dienone is 1. The Morgan fingerprint density at radius 1 is 0.880 bits per heavy atom. The molecule has 0 aromatic heterocycles. The van der Waals surface area contributed by atoms with Crippen molar-refractivity contribution in [3.05, 3.63) is 76.1 Å². The second-order valence-electron chi connectivity index (χ2n) is 6.06. The monoisotopic (exact) mass is 350 g/mol. The van der Waals surface area contributed by atoms with E-state index in [1.165, 1.54) is 18.2 Å². The average Bonchev–Trinajstić information content (AvgIpc) is 2.59. The van der Waals surface area contributed by atoms with Crippen molar-refractivity contribution in [1.29, 1.82) is 0 Å². The largest absolute Gasteiger partial charge is 0.209 e. The standard InChI is InChI=1S/C21H22F4/c1-3-6-18(22)21(25)16-8-5-7-14(11-16)9-10-15-12-19(23)17(4-2)20(24)13-15/h5,7-8,11-13H,3-4,6,9-10H2,1-2H3/b21-18+. The topological polar surface area (TPSA) is 0 Å². The van der Waals surface area contributed by atoms with Crippen molar-refractivity contribution >= 4 is 5.83 Å². The molecular formula is C21H22F4. The fourth-order valence-corrected chi connectivity index (χ4v) is 2.78. The summed E-state index contributed by atoms with van der Waals surface area (Å²) in [6.45, 7) is 3.48. The molecule has 0 saturated carbocycles. The van der Waals surface area contributed by atoms with Crippen molar-refractivity contribution in [2.24, 2.45) is 0 Å². The Balaban J connectivity index is 2.14. The van der Waals surface area contributed by atoms with Crippen LogP contribution in [0.4, 0.5) is 17.6 Å². The Bertz CT molecular complexity index is 739. The first-order valence-electron chi connectivity index (χ1n) is 8.56. The van der Waals surface area contributed by atoms with Gasteiger partial charge in [-0.15, -0.1) is 0 Å². The fourth-order valence-electron chi connectivity index (χ4n) is 2.78. The highest BCUT2D eigenvalue weighted by Crippen LogP contribution is 2.25. The van der Waals surface area contributed by atoms with E-state index in [4.69, 9.17) is 0 Å². The molecule has 25 heavy (non-hydrogen) atoms. The smallest absolute Gasteiger partial charge is 0.161 e. The van der Waals surface area contributed by atoms with Crippen molar-refractivity contribution in [2.75, 3.05) is 0 Å². The lowest BCUT2D eigenvalue weighted by molar-refractivity contribution is 0.555. The molecule has 0 saturated heterocycles. The number of rotatable bonds is 7. The van der Waals surface area contributed by atoms with E-state index in [0.29, 0.717) is 31.2 Å². The third-order valence-electron chi connectivity index (χ3n) is 4.14. The van der Waals surface area contributed by atoms with Gasteiger partial charge in [-0.05, 0) is 55.0 Å². The number of aryl methyl sites for hydroxylation is 2. The minimum atomic E-state index is -0.840. The maximum absolute atomic E-state index is 14.1. The summed E-state index contributed by atoms with van der Waals surface area (Å²) < 4.78 is 55.4. The van der Waals surface area contributed by atoms with Crippen molar-refractivity contribution in [2.45, 2.75) is 46.0 Å². The normalized spacial score (nSPS) is 12.2. The predicted octanol–water partition coefficient (Wildman–Crippen LogP) is 6.72. The first kappa shape index (κ1) is 19.2. The molecule has 0 aliphatic rings. The second-order valence-corrected chi connectivity index (χ2v) is 6.06. The zero-order chi connectivity index (χ0) is 18.4. The molecule has 0 heterocycles. The van der Waals surface area contributed by atoms with Crippen molar-refractivity contribution in [1.82, 2.24) is 0 Å². The minimum absolute atomic E-state index is 0.0678. The van der Waals surface area contributed by atoms with Gasteiger partial charge in [0.05, 0.1) is 0 Å². The fraction of sp³-hybridized carbons (Fsp3) is 0.333. The van der Waals surface area contributed by atoms with Gasteiger partial charge >= 0.3 is 0 Å². The maximum Gasteiger partial charge on any atom is 0.161 e. The third kappa shape index (κ3) is 4.94. The van der Waals surface area contributed by atoms with Crippen molar-refractivity contribution in [3.63, 3.8) is 0 Å². The Morgan fingerprint density at radius 3 is 2.12 bits per heavy atom. The third-order valence-corrected chi connectivity index (χ3v) is 4.14. The van der Waals surface area contributed by atoms with E-state index in [0.717, 1.165) is 5.56 Å². The van der Waals surface area contributed by atoms with Crippen molar-refractivity contribution < 1.29 is 17.6 Å². The highest BCUT2D eigenvalue weighted by Gasteiger charge is 2.11. The molecular weight excluding hydrogens is 328 g/mol. The molecule has 0 radical (unpaired) electrons. The van der Waals surface area contributed by atoms with Gasteiger partial charge in [0.15, 0.2) is 5.83 Å². The first-order chi connectivity index (χ1) is 12.0. The Labute approximate surface area is 146 Å². The molecule has 2 aromatic carbocycles. The summed E-state index contributed by atoms with van der Waals surface area (Å²) in [5, 5.41) is 0. The van der Waals surface area contributed by atoms with Gasteiger partial charge < -0.3 is 0 Å². The van der Waals surface area contributed by atoms with Crippen LogP contribution in [0, 0.1) is 11.6 Å². The number of hydrogen-bond acceptors (Lipinski definition) is 0. The molecule has 2 aromatic rings. The van der Waals surface area contributed by atoms with Gasteiger partial charge in [0.1, 0.15) is 17.5 Å². The molecule has 0 amide bonds. The quantitative estimate of drug-likeness (QED) is 0.486. The van der Waals surface area contributed by atoms with Gasteiger partial charge in [-0.1, -0.05) is 32.0 Å². The van der Waals surface area contributed by atoms with Crippen LogP contribution in [0.3, 0.4) is 0 Å². The zero-order valence-corrected chi connectivity index (χ0v) is 14.5. The highest BCUT2D eigenvalue weighted by molar-refractivity contribution is 5.61. The van der Waals surface area contributed by atoms with Crippen LogP contribution >= 0.6 is 0 Å². The SMILES string of the molecule is CCC/C(F)=C(\F)c1cccc(CCc2cc(F)c(CC)c(F)c2)c1. The van der Waals surface area contributed by atoms with E-state index >= 15 is 0 Å². The van der Waals surface area contributed by atoms with Gasteiger partial charge in [0, 0.05) is 17.5 Å². The molecule has 0 unspecified atom stereocenters. The van der Waals surface area contributed by atoms with Crippen LogP contribution in [0.5, 0.6) is 0 Å². The molecule has 0 aliphatic heterocycles. The summed E-state index contributed by atoms with van der Waals surface area (Å²) in [5.74, 6) is -2.67. The molecule has 0 nitrogen and oxygen atoms in total. The highest BCUT2D eigenvalue weighted by atomic mass is 19.2. The summed E-state index contributed by atoms with van der Waals surface area (Å²) in [6.07, 6.45) is 1.81. The molecule has 0 fully saturated rings. The molecule has 0 bridgehead atoms. The minimum Gasteiger partial charge on any atom is -0.209 e. The average molecular weight is 350 g/mol. The zero-order valence-electron chi connectivity index (χ0n) is 14.5. The summed E-state index contributed by atoms with van der Waals surface area (Å²) in [4.78, 5) is 0. The lowest BCUT2D eigenvalue weighted by atomic mass is 10.00. The summed E-state index contributed by atoms with van der Waals surface area (Å²) >= 11 is 0. The maximum atomic E-state index is 14.1. The first-order valence-corrected chi connectivity index (χ1v) is 8.56. The van der Waals surface area contributed by atoms with E-state index < -0.39 is 23.3 Å². The van der Waals surface area contributed by atoms with E-state index in [2.05, 4.69) is 0 Å². The van der Waals surface area contributed by atoms with Crippen LogP contribution < -0.4 is 0 Å². The van der Waals surface area contributed by atoms with Gasteiger partial charge in [0.25, 0.3) is 0 Å². The lowest BCUT2D eigenvalue weighted by Gasteiger charge is -2.08.